The number of aromatic nitrogens is 2. The van der Waals surface area contributed by atoms with Gasteiger partial charge in [0, 0.05) is 24.4 Å². The van der Waals surface area contributed by atoms with E-state index in [2.05, 4.69) is 15.3 Å². The summed E-state index contributed by atoms with van der Waals surface area (Å²) >= 11 is 0. The van der Waals surface area contributed by atoms with Gasteiger partial charge in [0.1, 0.15) is 5.75 Å². The molecular formula is C17H20N4O2. The highest BCUT2D eigenvalue weighted by Gasteiger charge is 2.32. The number of hydrogen-bond acceptors (Lipinski definition) is 5. The SMILES string of the molecule is COc1ccccc1N1C[C@H](Nc2nc(C)cc(C)n2)CC1=O. The summed E-state index contributed by atoms with van der Waals surface area (Å²) in [5.41, 5.74) is 2.61. The molecule has 1 N–H and O–H groups in total. The highest BCUT2D eigenvalue weighted by Crippen LogP contribution is 2.31. The Morgan fingerprint density at radius 1 is 1.22 bits per heavy atom. The summed E-state index contributed by atoms with van der Waals surface area (Å²) < 4.78 is 5.35. The Morgan fingerprint density at radius 2 is 1.91 bits per heavy atom. The Morgan fingerprint density at radius 3 is 2.61 bits per heavy atom. The van der Waals surface area contributed by atoms with Crippen LogP contribution in [0, 0.1) is 13.8 Å². The molecular weight excluding hydrogens is 292 g/mol. The molecule has 1 amide bonds. The Hall–Kier alpha value is -2.63. The number of rotatable bonds is 4. The van der Waals surface area contributed by atoms with Gasteiger partial charge in [-0.15, -0.1) is 0 Å². The first-order valence-electron chi connectivity index (χ1n) is 7.59. The first kappa shape index (κ1) is 15.3. The molecule has 1 aliphatic heterocycles. The first-order valence-corrected chi connectivity index (χ1v) is 7.59. The minimum atomic E-state index is -0.0198. The molecule has 0 aliphatic carbocycles. The van der Waals surface area contributed by atoms with Crippen LogP contribution in [0.1, 0.15) is 17.8 Å². The van der Waals surface area contributed by atoms with Gasteiger partial charge in [0.25, 0.3) is 0 Å². The van der Waals surface area contributed by atoms with Crippen molar-refractivity contribution in [3.63, 3.8) is 0 Å². The molecule has 1 aliphatic rings. The van der Waals surface area contributed by atoms with Gasteiger partial charge in [-0.05, 0) is 32.0 Å². The van der Waals surface area contributed by atoms with E-state index in [1.54, 1.807) is 12.0 Å². The molecule has 3 rings (SSSR count). The third-order valence-corrected chi connectivity index (χ3v) is 3.82. The highest BCUT2D eigenvalue weighted by atomic mass is 16.5. The van der Waals surface area contributed by atoms with Crippen LogP contribution in [0.5, 0.6) is 5.75 Å². The molecule has 1 atom stereocenters. The number of methoxy groups -OCH3 is 1. The van der Waals surface area contributed by atoms with Crippen molar-refractivity contribution in [1.29, 1.82) is 0 Å². The van der Waals surface area contributed by atoms with Gasteiger partial charge >= 0.3 is 0 Å². The zero-order chi connectivity index (χ0) is 16.4. The van der Waals surface area contributed by atoms with Crippen LogP contribution >= 0.6 is 0 Å². The third-order valence-electron chi connectivity index (χ3n) is 3.82. The second-order valence-corrected chi connectivity index (χ2v) is 5.70. The minimum absolute atomic E-state index is 0.0198. The molecule has 1 aromatic heterocycles. The van der Waals surface area contributed by atoms with Gasteiger partial charge in [-0.3, -0.25) is 4.79 Å². The summed E-state index contributed by atoms with van der Waals surface area (Å²) in [6.45, 7) is 4.43. The summed E-state index contributed by atoms with van der Waals surface area (Å²) in [6, 6.07) is 9.45. The zero-order valence-electron chi connectivity index (χ0n) is 13.5. The summed E-state index contributed by atoms with van der Waals surface area (Å²) in [7, 11) is 1.61. The summed E-state index contributed by atoms with van der Waals surface area (Å²) in [5.74, 6) is 1.34. The van der Waals surface area contributed by atoms with Crippen LogP contribution in [-0.2, 0) is 4.79 Å². The van der Waals surface area contributed by atoms with Crippen molar-refractivity contribution in [3.05, 3.63) is 41.7 Å². The summed E-state index contributed by atoms with van der Waals surface area (Å²) in [4.78, 5) is 22.9. The number of nitrogens with one attached hydrogen (secondary N) is 1. The predicted molar refractivity (Wildman–Crippen MR) is 88.9 cm³/mol. The van der Waals surface area contributed by atoms with Gasteiger partial charge in [0.15, 0.2) is 0 Å². The Kier molecular flexibility index (Phi) is 4.14. The monoisotopic (exact) mass is 312 g/mol. The number of benzene rings is 1. The quantitative estimate of drug-likeness (QED) is 0.938. The molecule has 23 heavy (non-hydrogen) atoms. The molecule has 1 fully saturated rings. The molecule has 0 radical (unpaired) electrons. The molecule has 6 heteroatoms. The van der Waals surface area contributed by atoms with E-state index in [-0.39, 0.29) is 11.9 Å². The number of hydrogen-bond donors (Lipinski definition) is 1. The van der Waals surface area contributed by atoms with E-state index in [0.29, 0.717) is 24.7 Å². The van der Waals surface area contributed by atoms with Gasteiger partial charge in [0.05, 0.1) is 18.8 Å². The number of carbonyl (C=O) groups excluding carboxylic acids is 1. The van der Waals surface area contributed by atoms with E-state index in [9.17, 15) is 4.79 Å². The lowest BCUT2D eigenvalue weighted by atomic mass is 10.2. The predicted octanol–water partition coefficient (Wildman–Crippen LogP) is 2.32. The Balaban J connectivity index is 1.77. The molecule has 120 valence electrons. The molecule has 1 aromatic carbocycles. The van der Waals surface area contributed by atoms with Gasteiger partial charge in [0.2, 0.25) is 11.9 Å². The molecule has 0 saturated carbocycles. The number of nitrogens with zero attached hydrogens (tertiary/aromatic N) is 3. The van der Waals surface area contributed by atoms with Crippen molar-refractivity contribution in [1.82, 2.24) is 9.97 Å². The van der Waals surface area contributed by atoms with E-state index in [0.717, 1.165) is 17.1 Å². The molecule has 0 spiro atoms. The average Bonchev–Trinajstić information content (AvgIpc) is 2.86. The third kappa shape index (κ3) is 3.26. The van der Waals surface area contributed by atoms with E-state index in [1.807, 2.05) is 44.2 Å². The van der Waals surface area contributed by atoms with Crippen LogP contribution in [0.3, 0.4) is 0 Å². The lowest BCUT2D eigenvalue weighted by Crippen LogP contribution is -2.28. The second-order valence-electron chi connectivity index (χ2n) is 5.70. The topological polar surface area (TPSA) is 67.3 Å². The fourth-order valence-corrected chi connectivity index (χ4v) is 2.86. The lowest BCUT2D eigenvalue weighted by molar-refractivity contribution is -0.117. The number of ether oxygens (including phenoxy) is 1. The van der Waals surface area contributed by atoms with E-state index in [4.69, 9.17) is 4.74 Å². The second kappa shape index (κ2) is 6.24. The van der Waals surface area contributed by atoms with Crippen LogP contribution in [0.15, 0.2) is 30.3 Å². The fourth-order valence-electron chi connectivity index (χ4n) is 2.86. The average molecular weight is 312 g/mol. The minimum Gasteiger partial charge on any atom is -0.495 e. The van der Waals surface area contributed by atoms with E-state index >= 15 is 0 Å². The smallest absolute Gasteiger partial charge is 0.229 e. The highest BCUT2D eigenvalue weighted by molar-refractivity contribution is 5.97. The van der Waals surface area contributed by atoms with Crippen LogP contribution in [0.25, 0.3) is 0 Å². The maximum atomic E-state index is 12.4. The molecule has 0 bridgehead atoms. The normalized spacial score (nSPS) is 17.4. The Labute approximate surface area is 135 Å². The van der Waals surface area contributed by atoms with Gasteiger partial charge in [-0.25, -0.2) is 9.97 Å². The summed E-state index contributed by atoms with van der Waals surface area (Å²) in [5, 5.41) is 3.26. The maximum absolute atomic E-state index is 12.4. The number of carbonyl (C=O) groups is 1. The maximum Gasteiger partial charge on any atom is 0.229 e. The fraction of sp³-hybridized carbons (Fsp3) is 0.353. The van der Waals surface area contributed by atoms with Crippen molar-refractivity contribution < 1.29 is 9.53 Å². The standard InChI is InChI=1S/C17H20N4O2/c1-11-8-12(2)19-17(18-11)20-13-9-16(22)21(10-13)14-6-4-5-7-15(14)23-3/h4-8,13H,9-10H2,1-3H3,(H,18,19,20)/t13-/m1/s1. The van der Waals surface area contributed by atoms with Crippen molar-refractivity contribution in [2.45, 2.75) is 26.3 Å². The summed E-state index contributed by atoms with van der Waals surface area (Å²) in [6.07, 6.45) is 0.411. The number of amides is 1. The number of aryl methyl sites for hydroxylation is 2. The molecule has 1 saturated heterocycles. The first-order chi connectivity index (χ1) is 11.1. The van der Waals surface area contributed by atoms with Crippen molar-refractivity contribution in [2.24, 2.45) is 0 Å². The lowest BCUT2D eigenvalue weighted by Gasteiger charge is -2.19. The molecule has 2 heterocycles. The van der Waals surface area contributed by atoms with Crippen LogP contribution in [0.4, 0.5) is 11.6 Å². The van der Waals surface area contributed by atoms with Gasteiger partial charge in [-0.2, -0.15) is 0 Å². The molecule has 6 nitrogen and oxygen atoms in total. The van der Waals surface area contributed by atoms with Gasteiger partial charge in [-0.1, -0.05) is 12.1 Å². The number of para-hydroxylation sites is 2. The largest absolute Gasteiger partial charge is 0.495 e. The van der Waals surface area contributed by atoms with E-state index in [1.165, 1.54) is 0 Å². The van der Waals surface area contributed by atoms with Crippen molar-refractivity contribution in [2.75, 3.05) is 23.9 Å². The Bertz CT molecular complexity index is 712. The number of anilines is 2. The van der Waals surface area contributed by atoms with Crippen molar-refractivity contribution >= 4 is 17.5 Å². The molecule has 2 aromatic rings. The molecule has 0 unspecified atom stereocenters. The van der Waals surface area contributed by atoms with Crippen LogP contribution < -0.4 is 15.0 Å². The van der Waals surface area contributed by atoms with Crippen LogP contribution in [0.2, 0.25) is 0 Å². The van der Waals surface area contributed by atoms with Gasteiger partial charge < -0.3 is 15.0 Å². The van der Waals surface area contributed by atoms with E-state index < -0.39 is 0 Å². The zero-order valence-corrected chi connectivity index (χ0v) is 13.5. The van der Waals surface area contributed by atoms with Crippen molar-refractivity contribution in [3.8, 4) is 5.75 Å². The van der Waals surface area contributed by atoms with Crippen LogP contribution in [-0.4, -0.2) is 35.6 Å².